The molecule has 0 aliphatic carbocycles. The highest BCUT2D eigenvalue weighted by Crippen LogP contribution is 2.26. The van der Waals surface area contributed by atoms with Gasteiger partial charge in [0.2, 0.25) is 0 Å². The van der Waals surface area contributed by atoms with Crippen LogP contribution in [0.1, 0.15) is 6.92 Å². The lowest BCUT2D eigenvalue weighted by Crippen LogP contribution is -2.36. The van der Waals surface area contributed by atoms with E-state index in [1.165, 1.54) is 0 Å². The molecule has 4 aromatic rings. The van der Waals surface area contributed by atoms with E-state index in [2.05, 4.69) is 26.6 Å². The van der Waals surface area contributed by atoms with Crippen molar-refractivity contribution in [3.63, 3.8) is 0 Å². The molecule has 2 N–H and O–H groups in total. The van der Waals surface area contributed by atoms with E-state index in [0.717, 1.165) is 11.1 Å². The number of urea groups is 1. The predicted molar refractivity (Wildman–Crippen MR) is 117 cm³/mol. The van der Waals surface area contributed by atoms with E-state index in [4.69, 9.17) is 5.26 Å². The first-order valence-corrected chi connectivity index (χ1v) is 10.2. The standard InChI is InChI=1S/C22H19F3N8O/c1-14(7-26)11-32-12-17(9-29-32)16-6-20-27-10-19(33(20)30-8-16)15-3-2-4-18(5-15)31-21(34)28-13-22(23,24)25/h2-6,8-10,12,14H,11,13H2,1H3,(H2,28,31,34). The third kappa shape index (κ3) is 5.32. The lowest BCUT2D eigenvalue weighted by Gasteiger charge is -2.10. The van der Waals surface area contributed by atoms with Crippen LogP contribution in [0.15, 0.2) is 55.1 Å². The summed E-state index contributed by atoms with van der Waals surface area (Å²) >= 11 is 0. The molecular formula is C22H19F3N8O. The highest BCUT2D eigenvalue weighted by atomic mass is 19.4. The number of imidazole rings is 1. The fraction of sp³-hybridized carbons (Fsp3) is 0.227. The Labute approximate surface area is 191 Å². The molecule has 0 saturated heterocycles. The molecule has 4 rings (SSSR count). The van der Waals surface area contributed by atoms with Gasteiger partial charge in [-0.1, -0.05) is 12.1 Å². The summed E-state index contributed by atoms with van der Waals surface area (Å²) in [7, 11) is 0. The maximum absolute atomic E-state index is 12.3. The van der Waals surface area contributed by atoms with E-state index in [1.54, 1.807) is 57.4 Å². The van der Waals surface area contributed by atoms with Crippen LogP contribution < -0.4 is 10.6 Å². The molecule has 0 fully saturated rings. The van der Waals surface area contributed by atoms with Crippen LogP contribution in [0.5, 0.6) is 0 Å². The van der Waals surface area contributed by atoms with Crippen molar-refractivity contribution in [2.75, 3.05) is 11.9 Å². The van der Waals surface area contributed by atoms with Crippen molar-refractivity contribution < 1.29 is 18.0 Å². The number of aromatic nitrogens is 5. The average Bonchev–Trinajstić information content (AvgIpc) is 3.44. The molecule has 1 unspecified atom stereocenters. The van der Waals surface area contributed by atoms with Crippen molar-refractivity contribution in [3.05, 3.63) is 55.1 Å². The lowest BCUT2D eigenvalue weighted by atomic mass is 10.1. The van der Waals surface area contributed by atoms with Crippen LogP contribution in [-0.4, -0.2) is 43.1 Å². The van der Waals surface area contributed by atoms with Crippen LogP contribution in [0.4, 0.5) is 23.7 Å². The number of fused-ring (bicyclic) bond motifs is 1. The van der Waals surface area contributed by atoms with Gasteiger partial charge in [-0.25, -0.2) is 14.3 Å². The number of carbonyl (C=O) groups is 1. The number of nitrogens with zero attached hydrogens (tertiary/aromatic N) is 6. The summed E-state index contributed by atoms with van der Waals surface area (Å²) in [4.78, 5) is 16.1. The van der Waals surface area contributed by atoms with Gasteiger partial charge >= 0.3 is 12.2 Å². The van der Waals surface area contributed by atoms with Crippen molar-refractivity contribution in [1.82, 2.24) is 29.7 Å². The minimum atomic E-state index is -4.49. The zero-order valence-electron chi connectivity index (χ0n) is 17.9. The Hall–Kier alpha value is -4.40. The molecule has 3 aromatic heterocycles. The fourth-order valence-electron chi connectivity index (χ4n) is 3.28. The predicted octanol–water partition coefficient (Wildman–Crippen LogP) is 4.10. The number of carbonyl (C=O) groups excluding carboxylic acids is 1. The summed E-state index contributed by atoms with van der Waals surface area (Å²) in [5.41, 5.74) is 3.84. The molecule has 0 aliphatic heterocycles. The lowest BCUT2D eigenvalue weighted by molar-refractivity contribution is -0.122. The van der Waals surface area contributed by atoms with Gasteiger partial charge < -0.3 is 10.6 Å². The van der Waals surface area contributed by atoms with Gasteiger partial charge in [-0.15, -0.1) is 0 Å². The van der Waals surface area contributed by atoms with Crippen LogP contribution >= 0.6 is 0 Å². The Morgan fingerprint density at radius 3 is 2.71 bits per heavy atom. The number of benzene rings is 1. The van der Waals surface area contributed by atoms with E-state index >= 15 is 0 Å². The van der Waals surface area contributed by atoms with Crippen LogP contribution in [-0.2, 0) is 6.54 Å². The molecule has 9 nitrogen and oxygen atoms in total. The smallest absolute Gasteiger partial charge is 0.329 e. The minimum absolute atomic E-state index is 0.163. The average molecular weight is 468 g/mol. The van der Waals surface area contributed by atoms with E-state index < -0.39 is 18.8 Å². The second kappa shape index (κ2) is 9.22. The number of halogens is 3. The number of amides is 2. The summed E-state index contributed by atoms with van der Waals surface area (Å²) in [6, 6.07) is 9.69. The Morgan fingerprint density at radius 1 is 1.15 bits per heavy atom. The number of nitrogens with one attached hydrogen (secondary N) is 2. The minimum Gasteiger partial charge on any atom is -0.329 e. The Balaban J connectivity index is 1.53. The Morgan fingerprint density at radius 2 is 1.94 bits per heavy atom. The fourth-order valence-corrected chi connectivity index (χ4v) is 3.28. The number of hydrogen-bond donors (Lipinski definition) is 2. The molecule has 0 aliphatic rings. The van der Waals surface area contributed by atoms with E-state index in [-0.39, 0.29) is 5.92 Å². The maximum atomic E-state index is 12.3. The third-order valence-corrected chi connectivity index (χ3v) is 4.87. The molecule has 3 heterocycles. The molecule has 0 saturated carbocycles. The summed E-state index contributed by atoms with van der Waals surface area (Å²) in [5, 5.41) is 21.9. The maximum Gasteiger partial charge on any atom is 0.405 e. The van der Waals surface area contributed by atoms with Gasteiger partial charge in [0.05, 0.1) is 42.8 Å². The van der Waals surface area contributed by atoms with Crippen molar-refractivity contribution >= 4 is 17.4 Å². The van der Waals surface area contributed by atoms with Crippen LogP contribution in [0.25, 0.3) is 28.0 Å². The van der Waals surface area contributed by atoms with Gasteiger partial charge in [0.15, 0.2) is 5.65 Å². The van der Waals surface area contributed by atoms with Gasteiger partial charge in [-0.2, -0.15) is 28.6 Å². The molecule has 2 amide bonds. The third-order valence-electron chi connectivity index (χ3n) is 4.87. The molecular weight excluding hydrogens is 449 g/mol. The van der Waals surface area contributed by atoms with Crippen LogP contribution in [0, 0.1) is 17.2 Å². The first kappa shape index (κ1) is 22.8. The summed E-state index contributed by atoms with van der Waals surface area (Å²) in [5.74, 6) is -0.163. The first-order chi connectivity index (χ1) is 16.2. The zero-order valence-corrected chi connectivity index (χ0v) is 17.9. The van der Waals surface area contributed by atoms with Gasteiger partial charge in [-0.05, 0) is 25.1 Å². The van der Waals surface area contributed by atoms with E-state index in [9.17, 15) is 18.0 Å². The monoisotopic (exact) mass is 468 g/mol. The number of nitriles is 1. The molecule has 1 aromatic carbocycles. The molecule has 12 heteroatoms. The highest BCUT2D eigenvalue weighted by molar-refractivity contribution is 5.90. The van der Waals surface area contributed by atoms with Gasteiger partial charge in [0, 0.05) is 28.6 Å². The van der Waals surface area contributed by atoms with Crippen molar-refractivity contribution in [1.29, 1.82) is 5.26 Å². The quantitative estimate of drug-likeness (QED) is 0.442. The molecule has 1 atom stereocenters. The van der Waals surface area contributed by atoms with Gasteiger partial charge in [-0.3, -0.25) is 4.68 Å². The van der Waals surface area contributed by atoms with Crippen LogP contribution in [0.3, 0.4) is 0 Å². The summed E-state index contributed by atoms with van der Waals surface area (Å²) in [6.45, 7) is 0.882. The topological polar surface area (TPSA) is 113 Å². The number of alkyl halides is 3. The molecule has 34 heavy (non-hydrogen) atoms. The van der Waals surface area contributed by atoms with Crippen LogP contribution in [0.2, 0.25) is 0 Å². The molecule has 174 valence electrons. The first-order valence-electron chi connectivity index (χ1n) is 10.2. The SMILES string of the molecule is CC(C#N)Cn1cc(-c2cnn3c(-c4cccc(NC(=O)NCC(F)(F)F)c4)cnc3c2)cn1. The largest absolute Gasteiger partial charge is 0.405 e. The van der Waals surface area contributed by atoms with Crippen molar-refractivity contribution in [2.45, 2.75) is 19.6 Å². The molecule has 0 spiro atoms. The van der Waals surface area contributed by atoms with E-state index in [1.807, 2.05) is 19.2 Å². The second-order valence-electron chi connectivity index (χ2n) is 7.64. The van der Waals surface area contributed by atoms with Gasteiger partial charge in [0.1, 0.15) is 6.54 Å². The van der Waals surface area contributed by atoms with E-state index in [0.29, 0.717) is 29.1 Å². The molecule has 0 bridgehead atoms. The highest BCUT2D eigenvalue weighted by Gasteiger charge is 2.27. The number of anilines is 1. The van der Waals surface area contributed by atoms with Crippen molar-refractivity contribution in [3.8, 4) is 28.5 Å². The molecule has 0 radical (unpaired) electrons. The normalized spacial score (nSPS) is 12.3. The Kier molecular flexibility index (Phi) is 6.18. The zero-order chi connectivity index (χ0) is 24.3. The Bertz CT molecular complexity index is 1370. The number of rotatable bonds is 6. The summed E-state index contributed by atoms with van der Waals surface area (Å²) < 4.78 is 40.2. The second-order valence-corrected chi connectivity index (χ2v) is 7.64. The number of hydrogen-bond acceptors (Lipinski definition) is 5. The van der Waals surface area contributed by atoms with Crippen molar-refractivity contribution in [2.24, 2.45) is 5.92 Å². The van der Waals surface area contributed by atoms with Gasteiger partial charge in [0.25, 0.3) is 0 Å². The summed E-state index contributed by atoms with van der Waals surface area (Å²) in [6.07, 6.45) is 2.32.